The van der Waals surface area contributed by atoms with Gasteiger partial charge in [-0.15, -0.1) is 6.58 Å². The van der Waals surface area contributed by atoms with Gasteiger partial charge in [-0.25, -0.2) is 0 Å². The maximum Gasteiger partial charge on any atom is 0.0462 e. The summed E-state index contributed by atoms with van der Waals surface area (Å²) in [5.41, 5.74) is 1.24. The van der Waals surface area contributed by atoms with Crippen LogP contribution in [0.4, 0.5) is 0 Å². The summed E-state index contributed by atoms with van der Waals surface area (Å²) in [5.74, 6) is 1.23. The second kappa shape index (κ2) is 7.02. The summed E-state index contributed by atoms with van der Waals surface area (Å²) in [6.45, 7) is 8.43. The number of rotatable bonds is 6. The molecule has 15 heavy (non-hydrogen) atoms. The molecule has 0 spiro atoms. The van der Waals surface area contributed by atoms with Gasteiger partial charge in [0.25, 0.3) is 0 Å². The number of nitrogens with one attached hydrogen (secondary N) is 1. The second-order valence-corrected chi connectivity index (χ2v) is 4.90. The van der Waals surface area contributed by atoms with Gasteiger partial charge in [-0.2, -0.15) is 0 Å². The normalized spacial score (nSPS) is 26.5. The van der Waals surface area contributed by atoms with Crippen LogP contribution in [0.25, 0.3) is 0 Å². The summed E-state index contributed by atoms with van der Waals surface area (Å²) in [6, 6.07) is 0. The average Bonchev–Trinajstić information content (AvgIpc) is 2.24. The molecule has 1 fully saturated rings. The van der Waals surface area contributed by atoms with E-state index in [-0.39, 0.29) is 0 Å². The first-order chi connectivity index (χ1) is 7.24. The zero-order chi connectivity index (χ0) is 11.1. The van der Waals surface area contributed by atoms with E-state index in [1.54, 1.807) is 0 Å². The molecule has 0 saturated heterocycles. The van der Waals surface area contributed by atoms with Crippen molar-refractivity contribution < 1.29 is 5.11 Å². The first-order valence-corrected chi connectivity index (χ1v) is 6.20. The number of aliphatic hydroxyl groups is 1. The Kier molecular flexibility index (Phi) is 5.96. The van der Waals surface area contributed by atoms with E-state index >= 15 is 0 Å². The van der Waals surface area contributed by atoms with Crippen molar-refractivity contribution in [1.29, 1.82) is 0 Å². The Morgan fingerprint density at radius 2 is 2.00 bits per heavy atom. The highest BCUT2D eigenvalue weighted by Crippen LogP contribution is 2.28. The lowest BCUT2D eigenvalue weighted by atomic mass is 9.79. The lowest BCUT2D eigenvalue weighted by Crippen LogP contribution is -2.32. The van der Waals surface area contributed by atoms with Crippen molar-refractivity contribution in [2.24, 2.45) is 11.8 Å². The molecule has 1 aliphatic rings. The Labute approximate surface area is 93.8 Å². The Morgan fingerprint density at radius 3 is 2.60 bits per heavy atom. The highest BCUT2D eigenvalue weighted by molar-refractivity contribution is 4.88. The van der Waals surface area contributed by atoms with E-state index in [0.29, 0.717) is 18.4 Å². The molecule has 88 valence electrons. The van der Waals surface area contributed by atoms with Crippen molar-refractivity contribution in [2.45, 2.75) is 39.0 Å². The molecule has 0 radical (unpaired) electrons. The van der Waals surface area contributed by atoms with E-state index in [9.17, 15) is 5.11 Å². The fourth-order valence-corrected chi connectivity index (χ4v) is 2.38. The summed E-state index contributed by atoms with van der Waals surface area (Å²) >= 11 is 0. The summed E-state index contributed by atoms with van der Waals surface area (Å²) < 4.78 is 0. The minimum absolute atomic E-state index is 0.368. The molecule has 1 aliphatic carbocycles. The molecule has 2 heteroatoms. The molecule has 2 unspecified atom stereocenters. The second-order valence-electron chi connectivity index (χ2n) is 4.90. The van der Waals surface area contributed by atoms with E-state index in [1.165, 1.54) is 31.3 Å². The first kappa shape index (κ1) is 12.7. The van der Waals surface area contributed by atoms with Gasteiger partial charge >= 0.3 is 0 Å². The quantitative estimate of drug-likeness (QED) is 0.522. The van der Waals surface area contributed by atoms with Crippen molar-refractivity contribution >= 4 is 0 Å². The lowest BCUT2D eigenvalue weighted by Gasteiger charge is -2.30. The number of hydrogen-bond donors (Lipinski definition) is 2. The van der Waals surface area contributed by atoms with E-state index in [4.69, 9.17) is 0 Å². The molecule has 0 heterocycles. The van der Waals surface area contributed by atoms with E-state index in [1.807, 2.05) is 0 Å². The first-order valence-electron chi connectivity index (χ1n) is 6.20. The molecular formula is C13H25NO. The topological polar surface area (TPSA) is 32.3 Å². The molecule has 1 saturated carbocycles. The van der Waals surface area contributed by atoms with E-state index < -0.39 is 0 Å². The number of hydrogen-bond acceptors (Lipinski definition) is 2. The van der Waals surface area contributed by atoms with Gasteiger partial charge in [0, 0.05) is 6.61 Å². The average molecular weight is 211 g/mol. The molecule has 0 aromatic rings. The summed E-state index contributed by atoms with van der Waals surface area (Å²) in [6.07, 6.45) is 6.20. The molecule has 0 bridgehead atoms. The van der Waals surface area contributed by atoms with E-state index in [2.05, 4.69) is 18.8 Å². The standard InChI is InChI=1S/C13H25NO/c1-11(2)7-8-14-9-12-5-3-4-6-13(12)10-15/h12-15H,1,3-10H2,2H3. The highest BCUT2D eigenvalue weighted by Gasteiger charge is 2.23. The Morgan fingerprint density at radius 1 is 1.33 bits per heavy atom. The highest BCUT2D eigenvalue weighted by atomic mass is 16.3. The van der Waals surface area contributed by atoms with Crippen LogP contribution in [0.3, 0.4) is 0 Å². The monoisotopic (exact) mass is 211 g/mol. The van der Waals surface area contributed by atoms with Crippen molar-refractivity contribution in [3.8, 4) is 0 Å². The van der Waals surface area contributed by atoms with Gasteiger partial charge in [-0.05, 0) is 51.1 Å². The van der Waals surface area contributed by atoms with Gasteiger partial charge in [0.15, 0.2) is 0 Å². The van der Waals surface area contributed by atoms with Gasteiger partial charge in [0.1, 0.15) is 0 Å². The van der Waals surface area contributed by atoms with E-state index in [0.717, 1.165) is 19.5 Å². The minimum atomic E-state index is 0.368. The molecule has 2 N–H and O–H groups in total. The fourth-order valence-electron chi connectivity index (χ4n) is 2.38. The van der Waals surface area contributed by atoms with Crippen LogP contribution in [0, 0.1) is 11.8 Å². The van der Waals surface area contributed by atoms with Crippen LogP contribution in [0.5, 0.6) is 0 Å². The number of aliphatic hydroxyl groups excluding tert-OH is 1. The molecule has 0 aromatic heterocycles. The molecule has 2 nitrogen and oxygen atoms in total. The van der Waals surface area contributed by atoms with Crippen LogP contribution >= 0.6 is 0 Å². The van der Waals surface area contributed by atoms with Gasteiger partial charge in [0.05, 0.1) is 0 Å². The zero-order valence-electron chi connectivity index (χ0n) is 9.97. The summed E-state index contributed by atoms with van der Waals surface area (Å²) in [4.78, 5) is 0. The van der Waals surface area contributed by atoms with Crippen LogP contribution < -0.4 is 5.32 Å². The van der Waals surface area contributed by atoms with Crippen LogP contribution in [-0.2, 0) is 0 Å². The van der Waals surface area contributed by atoms with Gasteiger partial charge in [-0.1, -0.05) is 18.4 Å². The van der Waals surface area contributed by atoms with Crippen molar-refractivity contribution in [1.82, 2.24) is 5.32 Å². The smallest absolute Gasteiger partial charge is 0.0462 e. The predicted molar refractivity (Wildman–Crippen MR) is 64.8 cm³/mol. The largest absolute Gasteiger partial charge is 0.396 e. The third-order valence-electron chi connectivity index (χ3n) is 3.44. The zero-order valence-corrected chi connectivity index (χ0v) is 9.97. The summed E-state index contributed by atoms with van der Waals surface area (Å²) in [5, 5.41) is 12.7. The molecule has 0 amide bonds. The minimum Gasteiger partial charge on any atom is -0.396 e. The molecular weight excluding hydrogens is 186 g/mol. The Balaban J connectivity index is 2.15. The Bertz CT molecular complexity index is 191. The van der Waals surface area contributed by atoms with Crippen LogP contribution in [-0.4, -0.2) is 24.8 Å². The molecule has 0 aliphatic heterocycles. The lowest BCUT2D eigenvalue weighted by molar-refractivity contribution is 0.133. The van der Waals surface area contributed by atoms with Gasteiger partial charge in [0.2, 0.25) is 0 Å². The fraction of sp³-hybridized carbons (Fsp3) is 0.846. The third-order valence-corrected chi connectivity index (χ3v) is 3.44. The molecule has 2 atom stereocenters. The maximum absolute atomic E-state index is 9.26. The van der Waals surface area contributed by atoms with Gasteiger partial charge < -0.3 is 10.4 Å². The predicted octanol–water partition coefficient (Wildman–Crippen LogP) is 2.34. The SMILES string of the molecule is C=C(C)CCNCC1CCCCC1CO. The van der Waals surface area contributed by atoms with Crippen molar-refractivity contribution in [3.63, 3.8) is 0 Å². The van der Waals surface area contributed by atoms with Crippen molar-refractivity contribution in [2.75, 3.05) is 19.7 Å². The van der Waals surface area contributed by atoms with Crippen LogP contribution in [0.15, 0.2) is 12.2 Å². The third kappa shape index (κ3) is 4.80. The summed E-state index contributed by atoms with van der Waals surface area (Å²) in [7, 11) is 0. The maximum atomic E-state index is 9.26. The molecule has 0 aromatic carbocycles. The molecule has 1 rings (SSSR count). The van der Waals surface area contributed by atoms with Crippen molar-refractivity contribution in [3.05, 3.63) is 12.2 Å². The van der Waals surface area contributed by atoms with Gasteiger partial charge in [-0.3, -0.25) is 0 Å². The van der Waals surface area contributed by atoms with Crippen LogP contribution in [0.1, 0.15) is 39.0 Å². The van der Waals surface area contributed by atoms with Crippen LogP contribution in [0.2, 0.25) is 0 Å². The Hall–Kier alpha value is -0.340.